The van der Waals surface area contributed by atoms with Gasteiger partial charge in [0.1, 0.15) is 17.8 Å². The first kappa shape index (κ1) is 16.5. The Morgan fingerprint density at radius 1 is 1.41 bits per heavy atom. The number of fused-ring (bicyclic) bond motifs is 1. The summed E-state index contributed by atoms with van der Waals surface area (Å²) in [5, 5.41) is 0.503. The Balaban J connectivity index is 2.75. The van der Waals surface area contributed by atoms with Crippen LogP contribution in [0.3, 0.4) is 0 Å². The number of rotatable bonds is 4. The van der Waals surface area contributed by atoms with E-state index in [4.69, 9.17) is 21.1 Å². The molecule has 0 N–H and O–H groups in total. The Bertz CT molecular complexity index is 794. The topological polar surface area (TPSA) is 69.9 Å². The third-order valence-corrected chi connectivity index (χ3v) is 4.34. The minimum Gasteiger partial charge on any atom is -0.495 e. The molecule has 0 radical (unpaired) electrons. The summed E-state index contributed by atoms with van der Waals surface area (Å²) >= 11 is 7.43. The Morgan fingerprint density at radius 2 is 2.14 bits per heavy atom. The SMILES string of the molecule is CCOC(=O)Cn1c(=NC(C)=O)sc2c(Cl)ccc(OC)c21. The quantitative estimate of drug-likeness (QED) is 0.800. The number of aromatic nitrogens is 1. The predicted molar refractivity (Wildman–Crippen MR) is 84.3 cm³/mol. The van der Waals surface area contributed by atoms with Crippen LogP contribution in [0.5, 0.6) is 5.75 Å². The minimum absolute atomic E-state index is 0.0728. The Morgan fingerprint density at radius 3 is 2.73 bits per heavy atom. The molecule has 0 aliphatic rings. The number of esters is 1. The van der Waals surface area contributed by atoms with Gasteiger partial charge in [0.25, 0.3) is 0 Å². The summed E-state index contributed by atoms with van der Waals surface area (Å²) in [6.45, 7) is 3.28. The molecule has 1 amide bonds. The van der Waals surface area contributed by atoms with Gasteiger partial charge in [0.05, 0.1) is 23.4 Å². The molecule has 2 aromatic rings. The Labute approximate surface area is 135 Å². The lowest BCUT2D eigenvalue weighted by molar-refractivity contribution is -0.143. The fourth-order valence-electron chi connectivity index (χ4n) is 1.99. The first-order chi connectivity index (χ1) is 10.5. The molecular weight excluding hydrogens is 328 g/mol. The van der Waals surface area contributed by atoms with Crippen molar-refractivity contribution in [1.82, 2.24) is 4.57 Å². The van der Waals surface area contributed by atoms with E-state index in [9.17, 15) is 9.59 Å². The molecule has 0 spiro atoms. The second-order valence-corrected chi connectivity index (χ2v) is 5.72. The molecule has 0 saturated heterocycles. The van der Waals surface area contributed by atoms with E-state index in [1.807, 2.05) is 0 Å². The van der Waals surface area contributed by atoms with Crippen molar-refractivity contribution in [2.75, 3.05) is 13.7 Å². The third-order valence-electron chi connectivity index (χ3n) is 2.81. The number of amides is 1. The van der Waals surface area contributed by atoms with Gasteiger partial charge < -0.3 is 14.0 Å². The average Bonchev–Trinajstić information content (AvgIpc) is 2.79. The highest BCUT2D eigenvalue weighted by atomic mass is 35.5. The number of nitrogens with zero attached hydrogens (tertiary/aromatic N) is 2. The maximum atomic E-state index is 11.8. The van der Waals surface area contributed by atoms with Crippen LogP contribution in [0.1, 0.15) is 13.8 Å². The number of halogens is 1. The molecule has 118 valence electrons. The number of hydrogen-bond acceptors (Lipinski definition) is 5. The van der Waals surface area contributed by atoms with Crippen LogP contribution in [-0.4, -0.2) is 30.2 Å². The van der Waals surface area contributed by atoms with Crippen molar-refractivity contribution < 1.29 is 19.1 Å². The normalized spacial score (nSPS) is 11.7. The fraction of sp³-hybridized carbons (Fsp3) is 0.357. The van der Waals surface area contributed by atoms with Crippen molar-refractivity contribution in [3.05, 3.63) is 22.0 Å². The lowest BCUT2D eigenvalue weighted by Gasteiger charge is -2.08. The highest BCUT2D eigenvalue weighted by Gasteiger charge is 2.17. The van der Waals surface area contributed by atoms with E-state index in [-0.39, 0.29) is 19.1 Å². The van der Waals surface area contributed by atoms with Crippen molar-refractivity contribution in [2.24, 2.45) is 4.99 Å². The zero-order valence-corrected chi connectivity index (χ0v) is 14.0. The first-order valence-electron chi connectivity index (χ1n) is 6.54. The lowest BCUT2D eigenvalue weighted by atomic mass is 10.3. The van der Waals surface area contributed by atoms with Crippen LogP contribution >= 0.6 is 22.9 Å². The van der Waals surface area contributed by atoms with Crippen molar-refractivity contribution in [3.8, 4) is 5.75 Å². The van der Waals surface area contributed by atoms with Gasteiger partial charge in [0.15, 0.2) is 4.80 Å². The number of methoxy groups -OCH3 is 1. The van der Waals surface area contributed by atoms with Crippen LogP contribution in [0.4, 0.5) is 0 Å². The number of hydrogen-bond donors (Lipinski definition) is 0. The van der Waals surface area contributed by atoms with Gasteiger partial charge in [-0.05, 0) is 19.1 Å². The van der Waals surface area contributed by atoms with Crippen LogP contribution in [0.2, 0.25) is 5.02 Å². The van der Waals surface area contributed by atoms with E-state index in [0.717, 1.165) is 0 Å². The summed E-state index contributed by atoms with van der Waals surface area (Å²) < 4.78 is 12.6. The molecule has 0 aliphatic heterocycles. The molecule has 1 aromatic heterocycles. The Hall–Kier alpha value is -1.86. The number of ether oxygens (including phenoxy) is 2. The number of thiazole rings is 1. The number of carbonyl (C=O) groups excluding carboxylic acids is 2. The van der Waals surface area contributed by atoms with E-state index in [2.05, 4.69) is 4.99 Å². The van der Waals surface area contributed by atoms with E-state index in [1.54, 1.807) is 23.6 Å². The number of carbonyl (C=O) groups is 2. The van der Waals surface area contributed by atoms with Crippen molar-refractivity contribution >= 4 is 45.0 Å². The molecule has 8 heteroatoms. The fourth-order valence-corrected chi connectivity index (χ4v) is 3.35. The van der Waals surface area contributed by atoms with Crippen LogP contribution in [0.15, 0.2) is 17.1 Å². The van der Waals surface area contributed by atoms with Gasteiger partial charge in [-0.2, -0.15) is 4.99 Å². The van der Waals surface area contributed by atoms with Gasteiger partial charge in [0.2, 0.25) is 5.91 Å². The highest BCUT2D eigenvalue weighted by Crippen LogP contribution is 2.33. The summed E-state index contributed by atoms with van der Waals surface area (Å²) in [6.07, 6.45) is 0. The largest absolute Gasteiger partial charge is 0.495 e. The van der Waals surface area contributed by atoms with E-state index in [1.165, 1.54) is 25.4 Å². The van der Waals surface area contributed by atoms with Crippen LogP contribution in [0, 0.1) is 0 Å². The zero-order valence-electron chi connectivity index (χ0n) is 12.4. The maximum Gasteiger partial charge on any atom is 0.326 e. The molecule has 0 bridgehead atoms. The molecule has 0 unspecified atom stereocenters. The first-order valence-corrected chi connectivity index (χ1v) is 7.74. The van der Waals surface area contributed by atoms with Crippen LogP contribution in [0.25, 0.3) is 10.2 Å². The Kier molecular flexibility index (Phi) is 5.20. The van der Waals surface area contributed by atoms with Gasteiger partial charge in [-0.25, -0.2) is 0 Å². The van der Waals surface area contributed by atoms with Crippen LogP contribution in [-0.2, 0) is 20.9 Å². The lowest BCUT2D eigenvalue weighted by Crippen LogP contribution is -2.23. The van der Waals surface area contributed by atoms with E-state index in [0.29, 0.717) is 25.8 Å². The maximum absolute atomic E-state index is 11.8. The summed E-state index contributed by atoms with van der Waals surface area (Å²) in [6, 6.07) is 3.40. The zero-order chi connectivity index (χ0) is 16.3. The summed E-state index contributed by atoms with van der Waals surface area (Å²) in [5.74, 6) is -0.238. The van der Waals surface area contributed by atoms with Crippen molar-refractivity contribution in [2.45, 2.75) is 20.4 Å². The smallest absolute Gasteiger partial charge is 0.326 e. The second kappa shape index (κ2) is 6.93. The van der Waals surface area contributed by atoms with Crippen LogP contribution < -0.4 is 9.54 Å². The number of benzene rings is 1. The van der Waals surface area contributed by atoms with Gasteiger partial charge >= 0.3 is 5.97 Å². The second-order valence-electron chi connectivity index (χ2n) is 4.33. The molecule has 1 heterocycles. The van der Waals surface area contributed by atoms with Gasteiger partial charge in [-0.3, -0.25) is 9.59 Å². The molecule has 2 rings (SSSR count). The summed E-state index contributed by atoms with van der Waals surface area (Å²) in [7, 11) is 1.52. The summed E-state index contributed by atoms with van der Waals surface area (Å²) in [4.78, 5) is 27.5. The molecular formula is C14H15ClN2O4S. The third kappa shape index (κ3) is 3.31. The highest BCUT2D eigenvalue weighted by molar-refractivity contribution is 7.17. The van der Waals surface area contributed by atoms with E-state index < -0.39 is 5.97 Å². The monoisotopic (exact) mass is 342 g/mol. The molecule has 0 saturated carbocycles. The van der Waals surface area contributed by atoms with Crippen molar-refractivity contribution in [3.63, 3.8) is 0 Å². The van der Waals surface area contributed by atoms with E-state index >= 15 is 0 Å². The van der Waals surface area contributed by atoms with Gasteiger partial charge in [-0.15, -0.1) is 0 Å². The standard InChI is InChI=1S/C14H15ClN2O4S/c1-4-21-11(19)7-17-12-10(20-3)6-5-9(15)13(12)22-14(17)16-8(2)18/h5-6H,4,7H2,1-3H3. The molecule has 22 heavy (non-hydrogen) atoms. The molecule has 0 fully saturated rings. The summed E-state index contributed by atoms with van der Waals surface area (Å²) in [5.41, 5.74) is 0.619. The average molecular weight is 343 g/mol. The molecule has 6 nitrogen and oxygen atoms in total. The minimum atomic E-state index is -0.422. The predicted octanol–water partition coefficient (Wildman–Crippen LogP) is 2.38. The van der Waals surface area contributed by atoms with Gasteiger partial charge in [0, 0.05) is 6.92 Å². The molecule has 1 aromatic carbocycles. The molecule has 0 aliphatic carbocycles. The van der Waals surface area contributed by atoms with Gasteiger partial charge in [-0.1, -0.05) is 22.9 Å². The van der Waals surface area contributed by atoms with Crippen molar-refractivity contribution in [1.29, 1.82) is 0 Å². The molecule has 0 atom stereocenters.